The van der Waals surface area contributed by atoms with Gasteiger partial charge in [-0.05, 0) is 53.7 Å². The molecule has 1 aliphatic rings. The fourth-order valence-corrected chi connectivity index (χ4v) is 2.94. The van der Waals surface area contributed by atoms with Crippen LogP contribution in [0.4, 0.5) is 13.2 Å². The van der Waals surface area contributed by atoms with Gasteiger partial charge in [-0.1, -0.05) is 6.07 Å². The number of benzene rings is 2. The highest BCUT2D eigenvalue weighted by Crippen LogP contribution is 2.37. The maximum Gasteiger partial charge on any atom is 0.446 e. The number of carbonyl (C=O) groups is 1. The minimum atomic E-state index is -4.35. The van der Waals surface area contributed by atoms with Gasteiger partial charge in [0.15, 0.2) is 11.5 Å². The molecule has 0 spiro atoms. The molecule has 0 saturated carbocycles. The monoisotopic (exact) mass is 369 g/mol. The van der Waals surface area contributed by atoms with Gasteiger partial charge in [0.05, 0.1) is 0 Å². The largest absolute Gasteiger partial charge is 0.454 e. The lowest BCUT2D eigenvalue weighted by Crippen LogP contribution is -2.26. The molecule has 0 unspecified atom stereocenters. The number of thioether (sulfide) groups is 1. The van der Waals surface area contributed by atoms with Crippen LogP contribution >= 0.6 is 11.8 Å². The normalized spacial score (nSPS) is 13.0. The van der Waals surface area contributed by atoms with E-state index in [2.05, 4.69) is 0 Å². The lowest BCUT2D eigenvalue weighted by Gasteiger charge is -2.18. The van der Waals surface area contributed by atoms with Crippen LogP contribution in [-0.2, 0) is 6.54 Å². The molecule has 0 aromatic heterocycles. The van der Waals surface area contributed by atoms with Crippen molar-refractivity contribution in [2.45, 2.75) is 16.9 Å². The number of rotatable bonds is 4. The molecule has 0 bridgehead atoms. The van der Waals surface area contributed by atoms with Crippen molar-refractivity contribution in [3.05, 3.63) is 53.6 Å². The summed E-state index contributed by atoms with van der Waals surface area (Å²) in [5, 5.41) is 0. The molecule has 1 aliphatic heterocycles. The van der Waals surface area contributed by atoms with Crippen molar-refractivity contribution >= 4 is 17.7 Å². The number of nitrogens with zero attached hydrogens (tertiary/aromatic N) is 1. The van der Waals surface area contributed by atoms with Crippen LogP contribution in [0.25, 0.3) is 0 Å². The fraction of sp³-hybridized carbons (Fsp3) is 0.235. The van der Waals surface area contributed by atoms with Crippen LogP contribution in [0.3, 0.4) is 0 Å². The molecule has 8 heteroatoms. The van der Waals surface area contributed by atoms with Gasteiger partial charge in [-0.25, -0.2) is 0 Å². The number of carbonyl (C=O) groups excluding carboxylic acids is 1. The van der Waals surface area contributed by atoms with Crippen molar-refractivity contribution in [3.8, 4) is 11.5 Å². The molecule has 0 N–H and O–H groups in total. The third-order valence-corrected chi connectivity index (χ3v) is 4.28. The van der Waals surface area contributed by atoms with E-state index in [0.717, 1.165) is 5.56 Å². The fourth-order valence-electron chi connectivity index (χ4n) is 2.40. The van der Waals surface area contributed by atoms with E-state index in [9.17, 15) is 18.0 Å². The van der Waals surface area contributed by atoms with Crippen LogP contribution in [0.5, 0.6) is 11.5 Å². The molecule has 132 valence electrons. The first-order valence-corrected chi connectivity index (χ1v) is 8.13. The van der Waals surface area contributed by atoms with Crippen molar-refractivity contribution in [1.29, 1.82) is 0 Å². The van der Waals surface area contributed by atoms with E-state index in [0.29, 0.717) is 23.6 Å². The molecule has 25 heavy (non-hydrogen) atoms. The standard InChI is InChI=1S/C17H14F3NO3S/c1-21(9-11-2-7-14-15(8-11)24-10-23-14)16(22)12-3-5-13(6-4-12)25-17(18,19)20/h2-8H,9-10H2,1H3. The number of hydrogen-bond donors (Lipinski definition) is 0. The van der Waals surface area contributed by atoms with Crippen molar-refractivity contribution in [2.24, 2.45) is 0 Å². The number of hydrogen-bond acceptors (Lipinski definition) is 4. The number of ether oxygens (including phenoxy) is 2. The number of halogens is 3. The maximum atomic E-state index is 12.4. The Morgan fingerprint density at radius 1 is 1.12 bits per heavy atom. The van der Waals surface area contributed by atoms with E-state index in [1.807, 2.05) is 6.07 Å². The Balaban J connectivity index is 1.66. The Labute approximate surface area is 146 Å². The van der Waals surface area contributed by atoms with E-state index in [4.69, 9.17) is 9.47 Å². The molecule has 4 nitrogen and oxygen atoms in total. The van der Waals surface area contributed by atoms with Gasteiger partial charge in [0.25, 0.3) is 5.91 Å². The van der Waals surface area contributed by atoms with Crippen LogP contribution in [0.2, 0.25) is 0 Å². The molecule has 1 amide bonds. The minimum Gasteiger partial charge on any atom is -0.454 e. The Morgan fingerprint density at radius 2 is 1.80 bits per heavy atom. The zero-order valence-corrected chi connectivity index (χ0v) is 14.0. The van der Waals surface area contributed by atoms with Gasteiger partial charge in [0.1, 0.15) is 0 Å². The topological polar surface area (TPSA) is 38.8 Å². The third-order valence-electron chi connectivity index (χ3n) is 3.54. The number of amides is 1. The molecule has 0 aliphatic carbocycles. The first-order chi connectivity index (χ1) is 11.8. The number of alkyl halides is 3. The molecule has 0 saturated heterocycles. The van der Waals surface area contributed by atoms with Gasteiger partial charge in [0.2, 0.25) is 6.79 Å². The second-order valence-electron chi connectivity index (χ2n) is 5.42. The SMILES string of the molecule is CN(Cc1ccc2c(c1)OCO2)C(=O)c1ccc(SC(F)(F)F)cc1. The highest BCUT2D eigenvalue weighted by Gasteiger charge is 2.29. The summed E-state index contributed by atoms with van der Waals surface area (Å²) in [5.41, 5.74) is -3.15. The third kappa shape index (κ3) is 4.39. The highest BCUT2D eigenvalue weighted by molar-refractivity contribution is 8.00. The summed E-state index contributed by atoms with van der Waals surface area (Å²) < 4.78 is 47.5. The molecule has 0 fully saturated rings. The van der Waals surface area contributed by atoms with E-state index >= 15 is 0 Å². The first kappa shape index (κ1) is 17.5. The van der Waals surface area contributed by atoms with Gasteiger partial charge in [-0.15, -0.1) is 0 Å². The van der Waals surface area contributed by atoms with Crippen molar-refractivity contribution in [1.82, 2.24) is 4.90 Å². The predicted molar refractivity (Wildman–Crippen MR) is 86.7 cm³/mol. The molecular formula is C17H14F3NO3S. The zero-order valence-electron chi connectivity index (χ0n) is 13.2. The molecule has 1 heterocycles. The average molecular weight is 369 g/mol. The molecular weight excluding hydrogens is 355 g/mol. The number of fused-ring (bicyclic) bond motifs is 1. The minimum absolute atomic E-state index is 0.0440. The van der Waals surface area contributed by atoms with Gasteiger partial charge < -0.3 is 14.4 Å². The average Bonchev–Trinajstić information content (AvgIpc) is 3.01. The first-order valence-electron chi connectivity index (χ1n) is 7.31. The van der Waals surface area contributed by atoms with E-state index in [1.54, 1.807) is 19.2 Å². The van der Waals surface area contributed by atoms with Gasteiger partial charge in [0, 0.05) is 24.1 Å². The summed E-state index contributed by atoms with van der Waals surface area (Å²) in [5.74, 6) is 1.02. The molecule has 0 atom stereocenters. The van der Waals surface area contributed by atoms with Crippen molar-refractivity contribution in [3.63, 3.8) is 0 Å². The van der Waals surface area contributed by atoms with Gasteiger partial charge in [-0.2, -0.15) is 13.2 Å². The van der Waals surface area contributed by atoms with Crippen LogP contribution in [0.15, 0.2) is 47.4 Å². The van der Waals surface area contributed by atoms with Gasteiger partial charge >= 0.3 is 5.51 Å². The van der Waals surface area contributed by atoms with E-state index in [1.165, 1.54) is 29.2 Å². The molecule has 3 rings (SSSR count). The molecule has 0 radical (unpaired) electrons. The molecule has 2 aromatic carbocycles. The Hall–Kier alpha value is -2.35. The summed E-state index contributed by atoms with van der Waals surface area (Å²) in [6.07, 6.45) is 0. The van der Waals surface area contributed by atoms with Crippen molar-refractivity contribution < 1.29 is 27.4 Å². The zero-order chi connectivity index (χ0) is 18.0. The quantitative estimate of drug-likeness (QED) is 0.754. The predicted octanol–water partition coefficient (Wildman–Crippen LogP) is 4.30. The Kier molecular flexibility index (Phi) is 4.80. The summed E-state index contributed by atoms with van der Waals surface area (Å²) in [6.45, 7) is 0.518. The van der Waals surface area contributed by atoms with Crippen LogP contribution in [0, 0.1) is 0 Å². The maximum absolute atomic E-state index is 12.4. The second-order valence-corrected chi connectivity index (χ2v) is 6.56. The Morgan fingerprint density at radius 3 is 2.48 bits per heavy atom. The van der Waals surface area contributed by atoms with E-state index < -0.39 is 5.51 Å². The van der Waals surface area contributed by atoms with Crippen LogP contribution < -0.4 is 9.47 Å². The summed E-state index contributed by atoms with van der Waals surface area (Å²) >= 11 is -0.207. The van der Waals surface area contributed by atoms with Gasteiger partial charge in [-0.3, -0.25) is 4.79 Å². The highest BCUT2D eigenvalue weighted by atomic mass is 32.2. The van der Waals surface area contributed by atoms with E-state index in [-0.39, 0.29) is 29.4 Å². The second kappa shape index (κ2) is 6.87. The van der Waals surface area contributed by atoms with Crippen LogP contribution in [0.1, 0.15) is 15.9 Å². The summed E-state index contributed by atoms with van der Waals surface area (Å²) in [6, 6.07) is 10.8. The smallest absolute Gasteiger partial charge is 0.446 e. The summed E-state index contributed by atoms with van der Waals surface area (Å²) in [4.78, 5) is 14.0. The lowest BCUT2D eigenvalue weighted by molar-refractivity contribution is -0.0328. The van der Waals surface area contributed by atoms with Crippen molar-refractivity contribution in [2.75, 3.05) is 13.8 Å². The lowest BCUT2D eigenvalue weighted by atomic mass is 10.1. The summed E-state index contributed by atoms with van der Waals surface area (Å²) in [7, 11) is 1.63. The van der Waals surface area contributed by atoms with Crippen LogP contribution in [-0.4, -0.2) is 30.2 Å². The Bertz CT molecular complexity index is 778. The molecule has 2 aromatic rings.